The van der Waals surface area contributed by atoms with Crippen LogP contribution in [0.15, 0.2) is 40.9 Å². The summed E-state index contributed by atoms with van der Waals surface area (Å²) >= 11 is 3.29. The smallest absolute Gasteiger partial charge is 0.172 e. The van der Waals surface area contributed by atoms with E-state index in [1.54, 1.807) is 0 Å². The van der Waals surface area contributed by atoms with Gasteiger partial charge in [0.1, 0.15) is 11.7 Å². The predicted octanol–water partition coefficient (Wildman–Crippen LogP) is 3.35. The Balaban J connectivity index is 1.68. The maximum atomic E-state index is 11.9. The molecule has 1 spiro atoms. The molecule has 0 radical (unpaired) electrons. The molecule has 3 rings (SSSR count). The first kappa shape index (κ1) is 15.9. The molecule has 5 heteroatoms. The van der Waals surface area contributed by atoms with Gasteiger partial charge in [0.15, 0.2) is 11.6 Å². The molecule has 2 atom stereocenters. The van der Waals surface area contributed by atoms with Crippen molar-refractivity contribution >= 4 is 21.7 Å². The number of hydrogen-bond acceptors (Lipinski definition) is 4. The van der Waals surface area contributed by atoms with Gasteiger partial charge in [0.05, 0.1) is 17.7 Å². The van der Waals surface area contributed by atoms with E-state index in [0.29, 0.717) is 17.7 Å². The van der Waals surface area contributed by atoms with Gasteiger partial charge in [0, 0.05) is 6.42 Å². The molecule has 1 saturated heterocycles. The SMILES string of the molecule is CC1(C)O[C@H](COCc2ccccc2)[C@@]2(C=C(Br)C(=O)C2)O1. The predicted molar refractivity (Wildman–Crippen MR) is 85.5 cm³/mol. The molecule has 2 aliphatic rings. The number of carbonyl (C=O) groups is 1. The van der Waals surface area contributed by atoms with Crippen LogP contribution in [0.2, 0.25) is 0 Å². The van der Waals surface area contributed by atoms with Crippen molar-refractivity contribution < 1.29 is 19.0 Å². The van der Waals surface area contributed by atoms with E-state index < -0.39 is 11.4 Å². The van der Waals surface area contributed by atoms with Crippen molar-refractivity contribution in [1.29, 1.82) is 0 Å². The van der Waals surface area contributed by atoms with E-state index in [-0.39, 0.29) is 18.3 Å². The fourth-order valence-corrected chi connectivity index (χ4v) is 3.50. The summed E-state index contributed by atoms with van der Waals surface area (Å²) in [4.78, 5) is 11.9. The molecule has 1 aliphatic carbocycles. The zero-order valence-electron chi connectivity index (χ0n) is 12.7. The highest BCUT2D eigenvalue weighted by molar-refractivity contribution is 9.12. The molecule has 0 N–H and O–H groups in total. The first-order chi connectivity index (χ1) is 10.4. The van der Waals surface area contributed by atoms with Crippen molar-refractivity contribution in [3.63, 3.8) is 0 Å². The molecule has 118 valence electrons. The third-order valence-electron chi connectivity index (χ3n) is 3.86. The van der Waals surface area contributed by atoms with E-state index >= 15 is 0 Å². The lowest BCUT2D eigenvalue weighted by molar-refractivity contribution is -0.159. The van der Waals surface area contributed by atoms with E-state index in [9.17, 15) is 4.79 Å². The van der Waals surface area contributed by atoms with Gasteiger partial charge in [-0.3, -0.25) is 4.79 Å². The van der Waals surface area contributed by atoms with Gasteiger partial charge in [-0.1, -0.05) is 30.3 Å². The Bertz CT molecular complexity index is 596. The van der Waals surface area contributed by atoms with Gasteiger partial charge in [-0.15, -0.1) is 0 Å². The first-order valence-corrected chi connectivity index (χ1v) is 8.11. The van der Waals surface area contributed by atoms with E-state index in [1.165, 1.54) is 0 Å². The minimum atomic E-state index is -0.727. The normalized spacial score (nSPS) is 30.0. The topological polar surface area (TPSA) is 44.8 Å². The molecule has 1 aromatic rings. The number of halogens is 1. The summed E-state index contributed by atoms with van der Waals surface area (Å²) in [6.07, 6.45) is 1.81. The maximum absolute atomic E-state index is 11.9. The van der Waals surface area contributed by atoms with Gasteiger partial charge in [-0.05, 0) is 41.4 Å². The van der Waals surface area contributed by atoms with Gasteiger partial charge < -0.3 is 14.2 Å². The average molecular weight is 367 g/mol. The van der Waals surface area contributed by atoms with Crippen molar-refractivity contribution in [2.75, 3.05) is 6.61 Å². The van der Waals surface area contributed by atoms with Crippen molar-refractivity contribution in [2.24, 2.45) is 0 Å². The number of ketones is 1. The van der Waals surface area contributed by atoms with Crippen molar-refractivity contribution in [1.82, 2.24) is 0 Å². The second kappa shape index (κ2) is 5.89. The summed E-state index contributed by atoms with van der Waals surface area (Å²) in [6, 6.07) is 9.96. The Labute approximate surface area is 138 Å². The van der Waals surface area contributed by atoms with Crippen molar-refractivity contribution in [3.8, 4) is 0 Å². The summed E-state index contributed by atoms with van der Waals surface area (Å²) in [6.45, 7) is 4.60. The Kier molecular flexibility index (Phi) is 4.25. The molecular formula is C17H19BrO4. The third kappa shape index (κ3) is 3.18. The van der Waals surface area contributed by atoms with Crippen LogP contribution >= 0.6 is 15.9 Å². The first-order valence-electron chi connectivity index (χ1n) is 7.31. The van der Waals surface area contributed by atoms with Crippen LogP contribution in [0.4, 0.5) is 0 Å². The number of Topliss-reactive ketones (excluding diaryl/α,β-unsaturated/α-hetero) is 1. The average Bonchev–Trinajstić information content (AvgIpc) is 2.86. The minimum absolute atomic E-state index is 0.0364. The highest BCUT2D eigenvalue weighted by atomic mass is 79.9. The molecule has 22 heavy (non-hydrogen) atoms. The number of allylic oxidation sites excluding steroid dienone is 1. The van der Waals surface area contributed by atoms with E-state index in [2.05, 4.69) is 15.9 Å². The molecule has 1 fully saturated rings. The number of hydrogen-bond donors (Lipinski definition) is 0. The van der Waals surface area contributed by atoms with Crippen LogP contribution in [0.5, 0.6) is 0 Å². The van der Waals surface area contributed by atoms with E-state index in [4.69, 9.17) is 14.2 Å². The van der Waals surface area contributed by atoms with Crippen LogP contribution in [0.1, 0.15) is 25.8 Å². The van der Waals surface area contributed by atoms with Crippen LogP contribution in [-0.2, 0) is 25.6 Å². The summed E-state index contributed by atoms with van der Waals surface area (Å²) in [7, 11) is 0. The monoisotopic (exact) mass is 366 g/mol. The van der Waals surface area contributed by atoms with Crippen LogP contribution in [0, 0.1) is 0 Å². The molecular weight excluding hydrogens is 348 g/mol. The molecule has 1 heterocycles. The molecule has 0 saturated carbocycles. The van der Waals surface area contributed by atoms with Crippen LogP contribution in [0.3, 0.4) is 0 Å². The Hall–Kier alpha value is -1.01. The zero-order valence-corrected chi connectivity index (χ0v) is 14.3. The summed E-state index contributed by atoms with van der Waals surface area (Å²) in [5.74, 6) is -0.691. The Morgan fingerprint density at radius 3 is 2.68 bits per heavy atom. The van der Waals surface area contributed by atoms with Crippen LogP contribution in [0.25, 0.3) is 0 Å². The van der Waals surface area contributed by atoms with Gasteiger partial charge in [-0.2, -0.15) is 0 Å². The van der Waals surface area contributed by atoms with Crippen molar-refractivity contribution in [2.45, 2.75) is 44.4 Å². The molecule has 1 aromatic carbocycles. The highest BCUT2D eigenvalue weighted by Gasteiger charge is 2.55. The fraction of sp³-hybridized carbons (Fsp3) is 0.471. The maximum Gasteiger partial charge on any atom is 0.172 e. The lowest BCUT2D eigenvalue weighted by Crippen LogP contribution is -2.40. The van der Waals surface area contributed by atoms with Gasteiger partial charge >= 0.3 is 0 Å². The fourth-order valence-electron chi connectivity index (χ4n) is 2.98. The van der Waals surface area contributed by atoms with Gasteiger partial charge in [-0.25, -0.2) is 0 Å². The lowest BCUT2D eigenvalue weighted by atomic mass is 9.96. The second-order valence-electron chi connectivity index (χ2n) is 6.16. The third-order valence-corrected chi connectivity index (χ3v) is 4.53. The Morgan fingerprint density at radius 2 is 2.05 bits per heavy atom. The molecule has 1 aliphatic heterocycles. The molecule has 0 unspecified atom stereocenters. The van der Waals surface area contributed by atoms with Crippen molar-refractivity contribution in [3.05, 3.63) is 46.5 Å². The molecule has 0 aromatic heterocycles. The Morgan fingerprint density at radius 1 is 1.32 bits per heavy atom. The highest BCUT2D eigenvalue weighted by Crippen LogP contribution is 2.45. The van der Waals surface area contributed by atoms with E-state index in [1.807, 2.05) is 50.3 Å². The number of carbonyl (C=O) groups excluding carboxylic acids is 1. The standard InChI is InChI=1S/C17H19BrO4/c1-16(2)21-15(11-20-10-12-6-4-3-5-7-12)17(22-16)8-13(18)14(19)9-17/h3-8,15H,9-11H2,1-2H3/t15-,17+/m1/s1. The lowest BCUT2D eigenvalue weighted by Gasteiger charge is -2.25. The molecule has 4 nitrogen and oxygen atoms in total. The number of rotatable bonds is 4. The second-order valence-corrected chi connectivity index (χ2v) is 7.01. The zero-order chi connectivity index (χ0) is 15.8. The van der Waals surface area contributed by atoms with Gasteiger partial charge in [0.25, 0.3) is 0 Å². The van der Waals surface area contributed by atoms with Gasteiger partial charge in [0.2, 0.25) is 0 Å². The van der Waals surface area contributed by atoms with Crippen LogP contribution < -0.4 is 0 Å². The largest absolute Gasteiger partial charge is 0.374 e. The molecule has 0 bridgehead atoms. The minimum Gasteiger partial charge on any atom is -0.374 e. The number of benzene rings is 1. The van der Waals surface area contributed by atoms with E-state index in [0.717, 1.165) is 5.56 Å². The van der Waals surface area contributed by atoms with Crippen LogP contribution in [-0.4, -0.2) is 29.9 Å². The summed E-state index contributed by atoms with van der Waals surface area (Å²) < 4.78 is 18.3. The summed E-state index contributed by atoms with van der Waals surface area (Å²) in [5, 5.41) is 0. The molecule has 0 amide bonds. The summed E-state index contributed by atoms with van der Waals surface area (Å²) in [5.41, 5.74) is 0.379. The quantitative estimate of drug-likeness (QED) is 0.819. The number of ether oxygens (including phenoxy) is 3.